The average molecular weight is 280 g/mol. The van der Waals surface area contributed by atoms with Crippen LogP contribution < -0.4 is 5.73 Å². The number of hydrogen-bond donors (Lipinski definition) is 1. The van der Waals surface area contributed by atoms with Gasteiger partial charge < -0.3 is 10.5 Å². The highest BCUT2D eigenvalue weighted by Gasteiger charge is 2.68. The number of benzene rings is 1. The fourth-order valence-electron chi connectivity index (χ4n) is 3.76. The third-order valence-electron chi connectivity index (χ3n) is 4.90. The molecule has 4 heteroatoms. The molecule has 102 valence electrons. The van der Waals surface area contributed by atoms with Crippen LogP contribution in [0, 0.1) is 11.3 Å². The number of carbonyl (C=O) groups excluding carboxylic acids is 1. The molecule has 3 nitrogen and oxygen atoms in total. The lowest BCUT2D eigenvalue weighted by Crippen LogP contribution is -2.68. The standard InChI is InChI=1S/C15H18ClNO2/c1-14-7-6-11(15(14,13(17)18)19-9-14)8-10-2-4-12(16)5-3-10/h2-5,11H,6-9H2,1H3,(H2,17,18). The maximum absolute atomic E-state index is 11.9. The van der Waals surface area contributed by atoms with Crippen LogP contribution in [0.2, 0.25) is 5.02 Å². The molecule has 2 N–H and O–H groups in total. The smallest absolute Gasteiger partial charge is 0.250 e. The molecule has 1 aromatic rings. The second-order valence-corrected chi connectivity index (χ2v) is 6.45. The summed E-state index contributed by atoms with van der Waals surface area (Å²) in [6.45, 7) is 2.76. The first kappa shape index (κ1) is 12.9. The van der Waals surface area contributed by atoms with Crippen molar-refractivity contribution in [1.29, 1.82) is 0 Å². The number of fused-ring (bicyclic) bond motifs is 1. The summed E-state index contributed by atoms with van der Waals surface area (Å²) in [5.74, 6) is -0.136. The SMILES string of the molecule is CC12CCC(Cc3ccc(Cl)cc3)C1(C(N)=O)OC2. The first-order valence-corrected chi connectivity index (χ1v) is 7.04. The Hall–Kier alpha value is -1.06. The minimum Gasteiger partial charge on any atom is -0.367 e. The molecular formula is C15H18ClNO2. The zero-order chi connectivity index (χ0) is 13.7. The number of carbonyl (C=O) groups is 1. The molecule has 1 saturated heterocycles. The van der Waals surface area contributed by atoms with Crippen LogP contribution in [0.5, 0.6) is 0 Å². The topological polar surface area (TPSA) is 52.3 Å². The quantitative estimate of drug-likeness (QED) is 0.924. The molecule has 1 aliphatic heterocycles. The van der Waals surface area contributed by atoms with Crippen LogP contribution in [-0.4, -0.2) is 18.1 Å². The van der Waals surface area contributed by atoms with E-state index in [0.29, 0.717) is 6.61 Å². The summed E-state index contributed by atoms with van der Waals surface area (Å²) in [6.07, 6.45) is 2.81. The van der Waals surface area contributed by atoms with E-state index in [2.05, 4.69) is 6.92 Å². The monoisotopic (exact) mass is 279 g/mol. The van der Waals surface area contributed by atoms with Crippen molar-refractivity contribution in [2.75, 3.05) is 6.61 Å². The molecule has 0 bridgehead atoms. The van der Waals surface area contributed by atoms with Crippen LogP contribution >= 0.6 is 11.6 Å². The van der Waals surface area contributed by atoms with Crippen LogP contribution in [0.1, 0.15) is 25.3 Å². The number of hydrogen-bond acceptors (Lipinski definition) is 2. The number of ether oxygens (including phenoxy) is 1. The average Bonchev–Trinajstić information content (AvgIpc) is 2.54. The Morgan fingerprint density at radius 2 is 2.16 bits per heavy atom. The third-order valence-corrected chi connectivity index (χ3v) is 5.15. The van der Waals surface area contributed by atoms with Crippen LogP contribution in [0.4, 0.5) is 0 Å². The van der Waals surface area contributed by atoms with E-state index in [9.17, 15) is 4.79 Å². The van der Waals surface area contributed by atoms with Crippen molar-refractivity contribution < 1.29 is 9.53 Å². The van der Waals surface area contributed by atoms with Gasteiger partial charge in [0.05, 0.1) is 6.61 Å². The summed E-state index contributed by atoms with van der Waals surface area (Å²) < 4.78 is 5.71. The maximum atomic E-state index is 11.9. The van der Waals surface area contributed by atoms with Crippen LogP contribution in [0.15, 0.2) is 24.3 Å². The van der Waals surface area contributed by atoms with Gasteiger partial charge in [-0.05, 0) is 37.0 Å². The molecule has 3 unspecified atom stereocenters. The van der Waals surface area contributed by atoms with Gasteiger partial charge in [0.25, 0.3) is 5.91 Å². The Kier molecular flexibility index (Phi) is 2.88. The maximum Gasteiger partial charge on any atom is 0.250 e. The van der Waals surface area contributed by atoms with Crippen molar-refractivity contribution in [2.45, 2.75) is 31.8 Å². The fraction of sp³-hybridized carbons (Fsp3) is 0.533. The van der Waals surface area contributed by atoms with E-state index in [1.54, 1.807) is 0 Å². The van der Waals surface area contributed by atoms with Gasteiger partial charge in [-0.3, -0.25) is 4.79 Å². The first-order chi connectivity index (χ1) is 8.98. The van der Waals surface area contributed by atoms with E-state index in [-0.39, 0.29) is 17.2 Å². The Morgan fingerprint density at radius 3 is 2.68 bits per heavy atom. The molecule has 1 amide bonds. The summed E-state index contributed by atoms with van der Waals surface area (Å²) in [5.41, 5.74) is 5.99. The van der Waals surface area contributed by atoms with Gasteiger partial charge in [-0.1, -0.05) is 30.7 Å². The predicted molar refractivity (Wildman–Crippen MR) is 73.9 cm³/mol. The number of primary amides is 1. The van der Waals surface area contributed by atoms with Crippen molar-refractivity contribution in [2.24, 2.45) is 17.1 Å². The molecule has 1 saturated carbocycles. The van der Waals surface area contributed by atoms with E-state index in [1.807, 2.05) is 24.3 Å². The first-order valence-electron chi connectivity index (χ1n) is 6.66. The summed E-state index contributed by atoms with van der Waals surface area (Å²) in [4.78, 5) is 11.9. The Balaban J connectivity index is 1.85. The number of rotatable bonds is 3. The van der Waals surface area contributed by atoms with Crippen molar-refractivity contribution >= 4 is 17.5 Å². The van der Waals surface area contributed by atoms with Gasteiger partial charge in [0.15, 0.2) is 5.60 Å². The molecule has 3 rings (SSSR count). The number of nitrogens with two attached hydrogens (primary N) is 1. The minimum absolute atomic E-state index is 0.0735. The zero-order valence-corrected chi connectivity index (χ0v) is 11.7. The van der Waals surface area contributed by atoms with Gasteiger partial charge in [-0.25, -0.2) is 0 Å². The molecule has 3 atom stereocenters. The molecule has 19 heavy (non-hydrogen) atoms. The van der Waals surface area contributed by atoms with Crippen molar-refractivity contribution in [3.05, 3.63) is 34.9 Å². The minimum atomic E-state index is -0.757. The number of amides is 1. The summed E-state index contributed by atoms with van der Waals surface area (Å²) in [5, 5.41) is 0.726. The lowest BCUT2D eigenvalue weighted by molar-refractivity contribution is -0.247. The van der Waals surface area contributed by atoms with Crippen molar-refractivity contribution in [1.82, 2.24) is 0 Å². The molecule has 0 aromatic heterocycles. The van der Waals surface area contributed by atoms with Gasteiger partial charge >= 0.3 is 0 Å². The Bertz CT molecular complexity index is 515. The number of halogens is 1. The molecular weight excluding hydrogens is 262 g/mol. The van der Waals surface area contributed by atoms with E-state index in [4.69, 9.17) is 22.1 Å². The van der Waals surface area contributed by atoms with Crippen molar-refractivity contribution in [3.8, 4) is 0 Å². The zero-order valence-electron chi connectivity index (χ0n) is 11.0. The molecule has 0 spiro atoms. The summed E-state index contributed by atoms with van der Waals surface area (Å²) in [7, 11) is 0. The predicted octanol–water partition coefficient (Wildman–Crippen LogP) is 2.55. The van der Waals surface area contributed by atoms with Gasteiger partial charge in [-0.15, -0.1) is 0 Å². The second kappa shape index (κ2) is 4.22. The van der Waals surface area contributed by atoms with Crippen LogP contribution in [0.3, 0.4) is 0 Å². The highest BCUT2D eigenvalue weighted by atomic mass is 35.5. The van der Waals surface area contributed by atoms with Gasteiger partial charge in [-0.2, -0.15) is 0 Å². The second-order valence-electron chi connectivity index (χ2n) is 6.02. The lowest BCUT2D eigenvalue weighted by Gasteiger charge is -2.53. The van der Waals surface area contributed by atoms with E-state index < -0.39 is 5.60 Å². The van der Waals surface area contributed by atoms with Crippen LogP contribution in [-0.2, 0) is 16.0 Å². The van der Waals surface area contributed by atoms with E-state index >= 15 is 0 Å². The Morgan fingerprint density at radius 1 is 1.47 bits per heavy atom. The molecule has 1 aromatic carbocycles. The van der Waals surface area contributed by atoms with E-state index in [0.717, 1.165) is 24.3 Å². The largest absolute Gasteiger partial charge is 0.367 e. The van der Waals surface area contributed by atoms with Crippen LogP contribution in [0.25, 0.3) is 0 Å². The van der Waals surface area contributed by atoms with Gasteiger partial charge in [0, 0.05) is 16.4 Å². The highest BCUT2D eigenvalue weighted by molar-refractivity contribution is 6.30. The van der Waals surface area contributed by atoms with E-state index in [1.165, 1.54) is 5.56 Å². The third kappa shape index (κ3) is 1.72. The Labute approximate surface area is 118 Å². The summed E-state index contributed by atoms with van der Waals surface area (Å²) >= 11 is 5.89. The normalized spacial score (nSPS) is 36.6. The highest BCUT2D eigenvalue weighted by Crippen LogP contribution is 2.59. The molecule has 2 fully saturated rings. The molecule has 1 aliphatic carbocycles. The molecule has 0 radical (unpaired) electrons. The lowest BCUT2D eigenvalue weighted by atomic mass is 9.67. The molecule has 1 heterocycles. The van der Waals surface area contributed by atoms with Gasteiger partial charge in [0.1, 0.15) is 0 Å². The summed E-state index contributed by atoms with van der Waals surface area (Å²) in [6, 6.07) is 7.77. The van der Waals surface area contributed by atoms with Crippen molar-refractivity contribution in [3.63, 3.8) is 0 Å². The van der Waals surface area contributed by atoms with Gasteiger partial charge in [0.2, 0.25) is 0 Å². The fourth-order valence-corrected chi connectivity index (χ4v) is 3.89. The molecule has 2 aliphatic rings.